The molecule has 1 aliphatic rings. The fourth-order valence-electron chi connectivity index (χ4n) is 1.40. The summed E-state index contributed by atoms with van der Waals surface area (Å²) in [5.74, 6) is 0.201. The standard InChI is InChI=1S/C7H14N2O/c1-7(2)5-4-6(10)9(7)8-3/h8H,4-5H2,1-3H3. The van der Waals surface area contributed by atoms with Crippen LogP contribution in [0.25, 0.3) is 0 Å². The molecule has 1 amide bonds. The molecule has 1 rings (SSSR count). The molecule has 0 unspecified atom stereocenters. The molecule has 0 saturated carbocycles. The van der Waals surface area contributed by atoms with E-state index >= 15 is 0 Å². The molecule has 1 N–H and O–H groups in total. The highest BCUT2D eigenvalue weighted by Crippen LogP contribution is 2.26. The summed E-state index contributed by atoms with van der Waals surface area (Å²) < 4.78 is 0. The van der Waals surface area contributed by atoms with Crippen molar-refractivity contribution in [3.05, 3.63) is 0 Å². The molecule has 1 saturated heterocycles. The Labute approximate surface area is 61.4 Å². The minimum absolute atomic E-state index is 0.00579. The molecule has 0 aliphatic carbocycles. The Kier molecular flexibility index (Phi) is 1.68. The first-order valence-corrected chi connectivity index (χ1v) is 3.58. The number of rotatable bonds is 1. The van der Waals surface area contributed by atoms with Gasteiger partial charge in [-0.15, -0.1) is 0 Å². The molecule has 3 nitrogen and oxygen atoms in total. The minimum atomic E-state index is 0.00579. The summed E-state index contributed by atoms with van der Waals surface area (Å²) in [6, 6.07) is 0. The lowest BCUT2D eigenvalue weighted by Gasteiger charge is -2.30. The third kappa shape index (κ3) is 1.01. The summed E-state index contributed by atoms with van der Waals surface area (Å²) in [7, 11) is 1.78. The number of nitrogens with zero attached hydrogens (tertiary/aromatic N) is 1. The van der Waals surface area contributed by atoms with Crippen molar-refractivity contribution < 1.29 is 4.79 Å². The highest BCUT2D eigenvalue weighted by molar-refractivity contribution is 5.78. The van der Waals surface area contributed by atoms with Crippen molar-refractivity contribution in [3.8, 4) is 0 Å². The van der Waals surface area contributed by atoms with Crippen molar-refractivity contribution in [2.45, 2.75) is 32.2 Å². The molecule has 0 atom stereocenters. The van der Waals surface area contributed by atoms with Crippen LogP contribution >= 0.6 is 0 Å². The highest BCUT2D eigenvalue weighted by atomic mass is 16.2. The second-order valence-electron chi connectivity index (χ2n) is 3.27. The van der Waals surface area contributed by atoms with Crippen LogP contribution in [0.4, 0.5) is 0 Å². The van der Waals surface area contributed by atoms with Gasteiger partial charge in [0.1, 0.15) is 0 Å². The van der Waals surface area contributed by atoms with Crippen LogP contribution in [-0.2, 0) is 4.79 Å². The van der Waals surface area contributed by atoms with Crippen molar-refractivity contribution in [3.63, 3.8) is 0 Å². The summed E-state index contributed by atoms with van der Waals surface area (Å²) in [6.07, 6.45) is 1.63. The van der Waals surface area contributed by atoms with Gasteiger partial charge >= 0.3 is 0 Å². The van der Waals surface area contributed by atoms with Gasteiger partial charge in [0, 0.05) is 13.5 Å². The molecule has 0 aromatic heterocycles. The SMILES string of the molecule is CNN1C(=O)CCC1(C)C. The Balaban J connectivity index is 2.73. The second-order valence-corrected chi connectivity index (χ2v) is 3.27. The summed E-state index contributed by atoms with van der Waals surface area (Å²) in [5.41, 5.74) is 2.89. The normalized spacial score (nSPS) is 23.9. The summed E-state index contributed by atoms with van der Waals surface area (Å²) in [6.45, 7) is 4.13. The van der Waals surface area contributed by atoms with Gasteiger partial charge in [0.05, 0.1) is 5.54 Å². The number of carbonyl (C=O) groups excluding carboxylic acids is 1. The van der Waals surface area contributed by atoms with Crippen LogP contribution in [-0.4, -0.2) is 23.5 Å². The van der Waals surface area contributed by atoms with Gasteiger partial charge in [-0.3, -0.25) is 9.80 Å². The quantitative estimate of drug-likeness (QED) is 0.579. The van der Waals surface area contributed by atoms with Crippen LogP contribution in [0.15, 0.2) is 0 Å². The average Bonchev–Trinajstić information content (AvgIpc) is 2.07. The first-order chi connectivity index (χ1) is 4.58. The molecule has 0 radical (unpaired) electrons. The molecule has 10 heavy (non-hydrogen) atoms. The molecule has 0 spiro atoms. The van der Waals surface area contributed by atoms with Gasteiger partial charge in [-0.2, -0.15) is 0 Å². The first-order valence-electron chi connectivity index (χ1n) is 3.58. The zero-order chi connectivity index (χ0) is 7.78. The smallest absolute Gasteiger partial charge is 0.237 e. The lowest BCUT2D eigenvalue weighted by molar-refractivity contribution is -0.133. The number of hydrogen-bond donors (Lipinski definition) is 1. The van der Waals surface area contributed by atoms with E-state index in [-0.39, 0.29) is 11.4 Å². The summed E-state index contributed by atoms with van der Waals surface area (Å²) >= 11 is 0. The number of carbonyl (C=O) groups is 1. The van der Waals surface area contributed by atoms with Crippen molar-refractivity contribution in [1.29, 1.82) is 0 Å². The minimum Gasteiger partial charge on any atom is -0.273 e. The van der Waals surface area contributed by atoms with E-state index in [1.54, 1.807) is 12.1 Å². The predicted molar refractivity (Wildman–Crippen MR) is 39.2 cm³/mol. The Hall–Kier alpha value is -0.570. The predicted octanol–water partition coefficient (Wildman–Crippen LogP) is 0.522. The van der Waals surface area contributed by atoms with Crippen LogP contribution in [0.5, 0.6) is 0 Å². The summed E-state index contributed by atoms with van der Waals surface area (Å²) in [5, 5.41) is 1.70. The van der Waals surface area contributed by atoms with Gasteiger partial charge in [-0.1, -0.05) is 0 Å². The monoisotopic (exact) mass is 142 g/mol. The van der Waals surface area contributed by atoms with Crippen LogP contribution in [0.1, 0.15) is 26.7 Å². The highest BCUT2D eigenvalue weighted by Gasteiger charge is 2.36. The van der Waals surface area contributed by atoms with E-state index in [4.69, 9.17) is 0 Å². The number of hydrogen-bond acceptors (Lipinski definition) is 2. The van der Waals surface area contributed by atoms with Crippen LogP contribution < -0.4 is 5.43 Å². The Morgan fingerprint density at radius 1 is 1.60 bits per heavy atom. The molecule has 3 heteroatoms. The molecule has 1 aliphatic heterocycles. The van der Waals surface area contributed by atoms with E-state index < -0.39 is 0 Å². The molecule has 1 fully saturated rings. The van der Waals surface area contributed by atoms with Gasteiger partial charge in [0.15, 0.2) is 0 Å². The van der Waals surface area contributed by atoms with Gasteiger partial charge in [-0.25, -0.2) is 5.43 Å². The van der Waals surface area contributed by atoms with Gasteiger partial charge in [0.25, 0.3) is 0 Å². The fourth-order valence-corrected chi connectivity index (χ4v) is 1.40. The van der Waals surface area contributed by atoms with E-state index in [0.717, 1.165) is 6.42 Å². The van der Waals surface area contributed by atoms with Crippen molar-refractivity contribution in [2.75, 3.05) is 7.05 Å². The maximum atomic E-state index is 11.1. The molecular formula is C7H14N2O. The molecule has 0 aromatic carbocycles. The van der Waals surface area contributed by atoms with Crippen LogP contribution in [0.2, 0.25) is 0 Å². The number of nitrogens with one attached hydrogen (secondary N) is 1. The average molecular weight is 142 g/mol. The molecule has 0 bridgehead atoms. The van der Waals surface area contributed by atoms with Gasteiger partial charge in [0.2, 0.25) is 5.91 Å². The largest absolute Gasteiger partial charge is 0.273 e. The maximum absolute atomic E-state index is 11.1. The van der Waals surface area contributed by atoms with E-state index in [9.17, 15) is 4.79 Å². The Morgan fingerprint density at radius 3 is 2.40 bits per heavy atom. The Bertz CT molecular complexity index is 154. The zero-order valence-electron chi connectivity index (χ0n) is 6.77. The summed E-state index contributed by atoms with van der Waals surface area (Å²) in [4.78, 5) is 11.1. The number of amides is 1. The molecule has 58 valence electrons. The van der Waals surface area contributed by atoms with Gasteiger partial charge in [-0.05, 0) is 20.3 Å². The third-order valence-corrected chi connectivity index (χ3v) is 2.03. The maximum Gasteiger partial charge on any atom is 0.237 e. The third-order valence-electron chi connectivity index (χ3n) is 2.03. The van der Waals surface area contributed by atoms with E-state index in [2.05, 4.69) is 19.3 Å². The van der Waals surface area contributed by atoms with E-state index in [1.807, 2.05) is 0 Å². The van der Waals surface area contributed by atoms with Crippen LogP contribution in [0, 0.1) is 0 Å². The van der Waals surface area contributed by atoms with Crippen molar-refractivity contribution >= 4 is 5.91 Å². The zero-order valence-corrected chi connectivity index (χ0v) is 6.77. The van der Waals surface area contributed by atoms with Gasteiger partial charge < -0.3 is 0 Å². The van der Waals surface area contributed by atoms with E-state index in [1.165, 1.54) is 0 Å². The fraction of sp³-hybridized carbons (Fsp3) is 0.857. The first kappa shape index (κ1) is 7.54. The molecule has 1 heterocycles. The molecule has 0 aromatic rings. The lowest BCUT2D eigenvalue weighted by atomic mass is 10.0. The topological polar surface area (TPSA) is 32.3 Å². The second kappa shape index (κ2) is 2.23. The van der Waals surface area contributed by atoms with Crippen molar-refractivity contribution in [1.82, 2.24) is 10.4 Å². The molecular weight excluding hydrogens is 128 g/mol. The lowest BCUT2D eigenvalue weighted by Crippen LogP contribution is -2.48. The van der Waals surface area contributed by atoms with Crippen LogP contribution in [0.3, 0.4) is 0 Å². The number of hydrazine groups is 1. The Morgan fingerprint density at radius 2 is 2.20 bits per heavy atom. The van der Waals surface area contributed by atoms with Crippen molar-refractivity contribution in [2.24, 2.45) is 0 Å². The van der Waals surface area contributed by atoms with E-state index in [0.29, 0.717) is 6.42 Å².